The molecule has 3 rings (SSSR count). The third-order valence-electron chi connectivity index (χ3n) is 3.59. The molecule has 1 aliphatic rings. The Hall–Kier alpha value is -2.18. The van der Waals surface area contributed by atoms with Gasteiger partial charge in [-0.1, -0.05) is 40.2 Å². The number of amides is 1. The van der Waals surface area contributed by atoms with E-state index >= 15 is 0 Å². The van der Waals surface area contributed by atoms with Crippen LogP contribution in [0.3, 0.4) is 0 Å². The van der Waals surface area contributed by atoms with Crippen molar-refractivity contribution in [2.75, 3.05) is 7.05 Å². The molecule has 0 aromatic heterocycles. The molecule has 0 unspecified atom stereocenters. The molecule has 24 heavy (non-hydrogen) atoms. The molecular formula is C18H15BrN2O2S. The zero-order chi connectivity index (χ0) is 17.1. The van der Waals surface area contributed by atoms with Gasteiger partial charge in [0.05, 0.1) is 0 Å². The summed E-state index contributed by atoms with van der Waals surface area (Å²) in [5, 5.41) is 3.32. The van der Waals surface area contributed by atoms with E-state index in [4.69, 9.17) is 17.0 Å². The molecule has 122 valence electrons. The van der Waals surface area contributed by atoms with Crippen molar-refractivity contribution in [2.45, 2.75) is 6.61 Å². The minimum Gasteiger partial charge on any atom is -0.489 e. The topological polar surface area (TPSA) is 41.6 Å². The molecule has 1 aliphatic heterocycles. The molecule has 0 saturated carbocycles. The van der Waals surface area contributed by atoms with Crippen LogP contribution >= 0.6 is 28.1 Å². The number of nitrogens with one attached hydrogen (secondary N) is 1. The molecule has 1 amide bonds. The van der Waals surface area contributed by atoms with Crippen LogP contribution in [0, 0.1) is 0 Å². The second-order valence-electron chi connectivity index (χ2n) is 5.34. The van der Waals surface area contributed by atoms with E-state index in [-0.39, 0.29) is 5.91 Å². The van der Waals surface area contributed by atoms with Gasteiger partial charge in [-0.05, 0) is 53.7 Å². The minimum atomic E-state index is -0.129. The molecule has 1 fully saturated rings. The van der Waals surface area contributed by atoms with Crippen molar-refractivity contribution < 1.29 is 9.53 Å². The van der Waals surface area contributed by atoms with Crippen LogP contribution in [0.4, 0.5) is 0 Å². The van der Waals surface area contributed by atoms with Gasteiger partial charge in [-0.15, -0.1) is 0 Å². The van der Waals surface area contributed by atoms with E-state index in [0.717, 1.165) is 21.3 Å². The molecule has 2 aromatic rings. The van der Waals surface area contributed by atoms with Gasteiger partial charge in [0.25, 0.3) is 5.91 Å². The monoisotopic (exact) mass is 402 g/mol. The third-order valence-corrected chi connectivity index (χ3v) is 4.50. The van der Waals surface area contributed by atoms with Crippen LogP contribution in [0.15, 0.2) is 58.7 Å². The van der Waals surface area contributed by atoms with E-state index in [0.29, 0.717) is 17.4 Å². The highest BCUT2D eigenvalue weighted by Gasteiger charge is 2.26. The lowest BCUT2D eigenvalue weighted by molar-refractivity contribution is -0.121. The largest absolute Gasteiger partial charge is 0.489 e. The smallest absolute Gasteiger partial charge is 0.276 e. The van der Waals surface area contributed by atoms with Crippen LogP contribution in [-0.4, -0.2) is 23.0 Å². The molecule has 1 heterocycles. The van der Waals surface area contributed by atoms with Gasteiger partial charge in [0.1, 0.15) is 18.1 Å². The summed E-state index contributed by atoms with van der Waals surface area (Å²) in [6, 6.07) is 15.6. The van der Waals surface area contributed by atoms with Gasteiger partial charge < -0.3 is 10.1 Å². The summed E-state index contributed by atoms with van der Waals surface area (Å²) in [5.74, 6) is 0.647. The fraction of sp³-hybridized carbons (Fsp3) is 0.111. The number of carbonyl (C=O) groups excluding carboxylic acids is 1. The SMILES string of the molecule is CN1C(=O)/C(=C/c2ccc(OCc3ccc(Br)cc3)cc2)NC1=S. The number of thiocarbonyl (C=S) groups is 1. The highest BCUT2D eigenvalue weighted by Crippen LogP contribution is 2.18. The van der Waals surface area contributed by atoms with Gasteiger partial charge >= 0.3 is 0 Å². The molecule has 0 spiro atoms. The van der Waals surface area contributed by atoms with Crippen LogP contribution in [0.5, 0.6) is 5.75 Å². The van der Waals surface area contributed by atoms with Crippen LogP contribution in [0.1, 0.15) is 11.1 Å². The normalized spacial score (nSPS) is 15.8. The average molecular weight is 403 g/mol. The van der Waals surface area contributed by atoms with E-state index in [2.05, 4.69) is 21.2 Å². The summed E-state index contributed by atoms with van der Waals surface area (Å²) in [4.78, 5) is 13.4. The number of hydrogen-bond donors (Lipinski definition) is 1. The molecule has 1 N–H and O–H groups in total. The van der Waals surface area contributed by atoms with E-state index in [9.17, 15) is 4.79 Å². The Bertz CT molecular complexity index is 801. The van der Waals surface area contributed by atoms with Gasteiger partial charge in [0, 0.05) is 11.5 Å². The first kappa shape index (κ1) is 16.7. The Balaban J connectivity index is 1.64. The second-order valence-corrected chi connectivity index (χ2v) is 6.64. The van der Waals surface area contributed by atoms with Crippen molar-refractivity contribution in [2.24, 2.45) is 0 Å². The Morgan fingerprint density at radius 3 is 2.42 bits per heavy atom. The van der Waals surface area contributed by atoms with Gasteiger partial charge in [-0.3, -0.25) is 9.69 Å². The number of benzene rings is 2. The Kier molecular flexibility index (Phi) is 4.97. The maximum absolute atomic E-state index is 11.9. The third kappa shape index (κ3) is 3.83. The summed E-state index contributed by atoms with van der Waals surface area (Å²) < 4.78 is 6.81. The lowest BCUT2D eigenvalue weighted by atomic mass is 10.2. The maximum atomic E-state index is 11.9. The first-order valence-corrected chi connectivity index (χ1v) is 8.51. The van der Waals surface area contributed by atoms with Crippen molar-refractivity contribution in [3.8, 4) is 5.75 Å². The standard InChI is InChI=1S/C18H15BrN2O2S/c1-21-17(22)16(20-18(21)24)10-12-4-8-15(9-5-12)23-11-13-2-6-14(19)7-3-13/h2-10H,11H2,1H3,(H,20,24)/b16-10-. The van der Waals surface area contributed by atoms with Crippen molar-refractivity contribution in [1.82, 2.24) is 10.2 Å². The lowest BCUT2D eigenvalue weighted by Gasteiger charge is -2.07. The van der Waals surface area contributed by atoms with Crippen LogP contribution in [-0.2, 0) is 11.4 Å². The molecule has 4 nitrogen and oxygen atoms in total. The van der Waals surface area contributed by atoms with Crippen LogP contribution in [0.2, 0.25) is 0 Å². The van der Waals surface area contributed by atoms with E-state index in [1.807, 2.05) is 48.5 Å². The number of likely N-dealkylation sites (N-methyl/N-ethyl adjacent to an activating group) is 1. The number of rotatable bonds is 4. The predicted molar refractivity (Wildman–Crippen MR) is 101 cm³/mol. The van der Waals surface area contributed by atoms with Crippen LogP contribution in [0.25, 0.3) is 6.08 Å². The molecule has 0 atom stereocenters. The maximum Gasteiger partial charge on any atom is 0.276 e. The van der Waals surface area contributed by atoms with Crippen molar-refractivity contribution in [3.05, 3.63) is 69.8 Å². The summed E-state index contributed by atoms with van der Waals surface area (Å²) >= 11 is 8.46. The molecule has 0 aliphatic carbocycles. The first-order valence-electron chi connectivity index (χ1n) is 7.31. The van der Waals surface area contributed by atoms with Crippen molar-refractivity contribution >= 4 is 45.2 Å². The number of ether oxygens (including phenoxy) is 1. The van der Waals surface area contributed by atoms with Gasteiger partial charge in [-0.2, -0.15) is 0 Å². The van der Waals surface area contributed by atoms with Gasteiger partial charge in [0.15, 0.2) is 5.11 Å². The summed E-state index contributed by atoms with van der Waals surface area (Å²) in [6.07, 6.45) is 1.77. The summed E-state index contributed by atoms with van der Waals surface area (Å²) in [6.45, 7) is 0.507. The quantitative estimate of drug-likeness (QED) is 0.624. The summed E-state index contributed by atoms with van der Waals surface area (Å²) in [7, 11) is 1.65. The number of halogens is 1. The highest BCUT2D eigenvalue weighted by atomic mass is 79.9. The molecule has 0 bridgehead atoms. The van der Waals surface area contributed by atoms with Crippen molar-refractivity contribution in [1.29, 1.82) is 0 Å². The summed E-state index contributed by atoms with van der Waals surface area (Å²) in [5.41, 5.74) is 2.48. The van der Waals surface area contributed by atoms with E-state index < -0.39 is 0 Å². The minimum absolute atomic E-state index is 0.129. The zero-order valence-corrected chi connectivity index (χ0v) is 15.4. The fourth-order valence-corrected chi connectivity index (χ4v) is 2.65. The lowest BCUT2D eigenvalue weighted by Crippen LogP contribution is -2.25. The molecular weight excluding hydrogens is 388 g/mol. The molecule has 6 heteroatoms. The van der Waals surface area contributed by atoms with Gasteiger partial charge in [-0.25, -0.2) is 0 Å². The van der Waals surface area contributed by atoms with Crippen LogP contribution < -0.4 is 10.1 Å². The first-order chi connectivity index (χ1) is 11.5. The molecule has 1 saturated heterocycles. The van der Waals surface area contributed by atoms with Gasteiger partial charge in [0.2, 0.25) is 0 Å². The number of carbonyl (C=O) groups is 1. The molecule has 0 radical (unpaired) electrons. The fourth-order valence-electron chi connectivity index (χ4n) is 2.20. The molecule has 2 aromatic carbocycles. The Morgan fingerprint density at radius 1 is 1.17 bits per heavy atom. The zero-order valence-electron chi connectivity index (χ0n) is 13.0. The van der Waals surface area contributed by atoms with Crippen molar-refractivity contribution in [3.63, 3.8) is 0 Å². The number of hydrogen-bond acceptors (Lipinski definition) is 3. The average Bonchev–Trinajstić information content (AvgIpc) is 2.83. The number of nitrogens with zero attached hydrogens (tertiary/aromatic N) is 1. The Labute approximate surface area is 154 Å². The van der Waals surface area contributed by atoms with E-state index in [1.54, 1.807) is 13.1 Å². The predicted octanol–water partition coefficient (Wildman–Crippen LogP) is 3.72. The Morgan fingerprint density at radius 2 is 1.83 bits per heavy atom. The van der Waals surface area contributed by atoms with E-state index in [1.165, 1.54) is 4.90 Å². The second kappa shape index (κ2) is 7.15. The highest BCUT2D eigenvalue weighted by molar-refractivity contribution is 9.10.